The molecule has 5 nitrogen and oxygen atoms in total. The third-order valence-corrected chi connectivity index (χ3v) is 6.46. The Morgan fingerprint density at radius 1 is 1.14 bits per heavy atom. The Morgan fingerprint density at radius 3 is 2.36 bits per heavy atom. The monoisotopic (exact) mass is 310 g/mol. The van der Waals surface area contributed by atoms with E-state index in [9.17, 15) is 9.59 Å². The average Bonchev–Trinajstić information content (AvgIpc) is 2.96. The van der Waals surface area contributed by atoms with Gasteiger partial charge in [-0.25, -0.2) is 0 Å². The average molecular weight is 310 g/mol. The molecule has 2 saturated carbocycles. The molecule has 3 aliphatic rings. The molecule has 0 aromatic heterocycles. The van der Waals surface area contributed by atoms with Gasteiger partial charge in [-0.2, -0.15) is 0 Å². The smallest absolute Gasteiger partial charge is 0.316 e. The van der Waals surface area contributed by atoms with Gasteiger partial charge in [0.2, 0.25) is 0 Å². The van der Waals surface area contributed by atoms with Crippen molar-refractivity contribution >= 4 is 11.8 Å². The van der Waals surface area contributed by atoms with Crippen LogP contribution in [0, 0.1) is 22.7 Å². The molecule has 3 fully saturated rings. The standard InChI is InChI=1S/C17H26O5/c1-15(2)12-6-5-11(14(19)20-4)13(18)16(12,3)7-8-17(15)21-9-10-22-17/h11-12H,5-10H2,1-4H3/t11?,12-,16-/m0/s1. The second kappa shape index (κ2) is 5.03. The number of ether oxygens (including phenoxy) is 3. The molecule has 0 N–H and O–H groups in total. The van der Waals surface area contributed by atoms with E-state index in [2.05, 4.69) is 13.8 Å². The van der Waals surface area contributed by atoms with Gasteiger partial charge in [0.15, 0.2) is 11.6 Å². The molecule has 1 unspecified atom stereocenters. The molecule has 0 aromatic rings. The van der Waals surface area contributed by atoms with Crippen LogP contribution in [0.4, 0.5) is 0 Å². The second-order valence-electron chi connectivity index (χ2n) is 7.66. The van der Waals surface area contributed by atoms with Crippen LogP contribution in [-0.2, 0) is 23.8 Å². The summed E-state index contributed by atoms with van der Waals surface area (Å²) in [5.74, 6) is -1.38. The number of hydrogen-bond acceptors (Lipinski definition) is 5. The van der Waals surface area contributed by atoms with Crippen molar-refractivity contribution in [3.8, 4) is 0 Å². The summed E-state index contributed by atoms with van der Waals surface area (Å²) in [7, 11) is 1.35. The molecule has 0 amide bonds. The fourth-order valence-corrected chi connectivity index (χ4v) is 5.16. The molecule has 0 bridgehead atoms. The van der Waals surface area contributed by atoms with Crippen LogP contribution < -0.4 is 0 Å². The minimum absolute atomic E-state index is 0.0384. The maximum absolute atomic E-state index is 13.0. The first kappa shape index (κ1) is 15.9. The summed E-state index contributed by atoms with van der Waals surface area (Å²) in [5.41, 5.74) is -0.756. The normalized spacial score (nSPS) is 39.5. The number of Topliss-reactive ketones (excluding diaryl/α,β-unsaturated/α-hetero) is 1. The lowest BCUT2D eigenvalue weighted by Crippen LogP contribution is -2.63. The Labute approximate surface area is 131 Å². The van der Waals surface area contributed by atoms with Gasteiger partial charge in [0.05, 0.1) is 20.3 Å². The zero-order valence-electron chi connectivity index (χ0n) is 13.9. The molecule has 124 valence electrons. The molecule has 1 spiro atoms. The van der Waals surface area contributed by atoms with Crippen LogP contribution in [0.25, 0.3) is 0 Å². The highest BCUT2D eigenvalue weighted by Gasteiger charge is 2.66. The topological polar surface area (TPSA) is 61.8 Å². The summed E-state index contributed by atoms with van der Waals surface area (Å²) in [6.45, 7) is 7.54. The predicted octanol–water partition coefficient (Wildman–Crippen LogP) is 2.32. The van der Waals surface area contributed by atoms with Gasteiger partial charge in [-0.05, 0) is 25.2 Å². The Hall–Kier alpha value is -0.940. The van der Waals surface area contributed by atoms with Crippen LogP contribution in [0.1, 0.15) is 46.5 Å². The van der Waals surface area contributed by atoms with Crippen molar-refractivity contribution in [3.63, 3.8) is 0 Å². The Balaban J connectivity index is 1.93. The zero-order chi connectivity index (χ0) is 16.2. The van der Waals surface area contributed by atoms with Gasteiger partial charge >= 0.3 is 5.97 Å². The van der Waals surface area contributed by atoms with Crippen LogP contribution in [0.2, 0.25) is 0 Å². The molecule has 3 atom stereocenters. The fraction of sp³-hybridized carbons (Fsp3) is 0.882. The number of carbonyl (C=O) groups excluding carboxylic acids is 2. The third kappa shape index (κ3) is 1.91. The number of carbonyl (C=O) groups is 2. The summed E-state index contributed by atoms with van der Waals surface area (Å²) in [4.78, 5) is 24.9. The lowest BCUT2D eigenvalue weighted by Gasteiger charge is -2.59. The molecular formula is C17H26O5. The number of methoxy groups -OCH3 is 1. The lowest BCUT2D eigenvalue weighted by molar-refractivity contribution is -0.283. The van der Waals surface area contributed by atoms with Crippen molar-refractivity contribution in [2.45, 2.75) is 52.2 Å². The number of ketones is 1. The highest BCUT2D eigenvalue weighted by Crippen LogP contribution is 2.62. The number of esters is 1. The summed E-state index contributed by atoms with van der Waals surface area (Å²) in [5, 5.41) is 0. The fourth-order valence-electron chi connectivity index (χ4n) is 5.16. The first-order valence-corrected chi connectivity index (χ1v) is 8.18. The first-order valence-electron chi connectivity index (χ1n) is 8.18. The van der Waals surface area contributed by atoms with Crippen LogP contribution in [0.5, 0.6) is 0 Å². The van der Waals surface area contributed by atoms with Crippen LogP contribution in [-0.4, -0.2) is 37.9 Å². The van der Waals surface area contributed by atoms with Crippen LogP contribution in [0.3, 0.4) is 0 Å². The van der Waals surface area contributed by atoms with E-state index in [0.29, 0.717) is 32.5 Å². The van der Waals surface area contributed by atoms with Gasteiger partial charge in [-0.15, -0.1) is 0 Å². The second-order valence-corrected chi connectivity index (χ2v) is 7.66. The Morgan fingerprint density at radius 2 is 1.77 bits per heavy atom. The van der Waals surface area contributed by atoms with Crippen molar-refractivity contribution in [1.29, 1.82) is 0 Å². The molecular weight excluding hydrogens is 284 g/mol. The third-order valence-electron chi connectivity index (χ3n) is 6.46. The molecule has 1 aliphatic heterocycles. The summed E-state index contributed by atoms with van der Waals surface area (Å²) in [6, 6.07) is 0. The van der Waals surface area contributed by atoms with Gasteiger partial charge < -0.3 is 14.2 Å². The van der Waals surface area contributed by atoms with Crippen molar-refractivity contribution in [3.05, 3.63) is 0 Å². The van der Waals surface area contributed by atoms with E-state index < -0.39 is 23.1 Å². The minimum Gasteiger partial charge on any atom is -0.468 e. The molecule has 0 radical (unpaired) electrons. The van der Waals surface area contributed by atoms with Gasteiger partial charge in [-0.1, -0.05) is 20.8 Å². The maximum Gasteiger partial charge on any atom is 0.316 e. The van der Waals surface area contributed by atoms with E-state index >= 15 is 0 Å². The largest absolute Gasteiger partial charge is 0.468 e. The van der Waals surface area contributed by atoms with E-state index in [-0.39, 0.29) is 17.1 Å². The summed E-state index contributed by atoms with van der Waals surface area (Å²) >= 11 is 0. The van der Waals surface area contributed by atoms with Gasteiger partial charge in [0.25, 0.3) is 0 Å². The van der Waals surface area contributed by atoms with Crippen molar-refractivity contribution in [1.82, 2.24) is 0 Å². The molecule has 2 aliphatic carbocycles. The van der Waals surface area contributed by atoms with Crippen LogP contribution in [0.15, 0.2) is 0 Å². The van der Waals surface area contributed by atoms with E-state index in [0.717, 1.165) is 6.42 Å². The van der Waals surface area contributed by atoms with E-state index in [1.807, 2.05) is 6.92 Å². The van der Waals surface area contributed by atoms with E-state index in [1.165, 1.54) is 7.11 Å². The summed E-state index contributed by atoms with van der Waals surface area (Å²) in [6.07, 6.45) is 2.79. The van der Waals surface area contributed by atoms with Crippen molar-refractivity contribution in [2.75, 3.05) is 20.3 Å². The Bertz CT molecular complexity index is 491. The lowest BCUT2D eigenvalue weighted by atomic mass is 9.48. The van der Waals surface area contributed by atoms with E-state index in [4.69, 9.17) is 14.2 Å². The quantitative estimate of drug-likeness (QED) is 0.549. The van der Waals surface area contributed by atoms with Gasteiger partial charge in [0.1, 0.15) is 5.92 Å². The van der Waals surface area contributed by atoms with Crippen LogP contribution >= 0.6 is 0 Å². The summed E-state index contributed by atoms with van der Waals surface area (Å²) < 4.78 is 16.8. The highest BCUT2D eigenvalue weighted by atomic mass is 16.7. The molecule has 5 heteroatoms. The zero-order valence-corrected chi connectivity index (χ0v) is 13.9. The van der Waals surface area contributed by atoms with E-state index in [1.54, 1.807) is 0 Å². The van der Waals surface area contributed by atoms with Gasteiger partial charge in [0, 0.05) is 17.3 Å². The predicted molar refractivity (Wildman–Crippen MR) is 79.0 cm³/mol. The molecule has 0 aromatic carbocycles. The first-order chi connectivity index (χ1) is 10.3. The minimum atomic E-state index is -0.610. The number of fused-ring (bicyclic) bond motifs is 1. The number of hydrogen-bond donors (Lipinski definition) is 0. The highest BCUT2D eigenvalue weighted by molar-refractivity contribution is 6.02. The number of rotatable bonds is 1. The Kier molecular flexibility index (Phi) is 3.64. The van der Waals surface area contributed by atoms with Crippen molar-refractivity contribution in [2.24, 2.45) is 22.7 Å². The molecule has 1 saturated heterocycles. The van der Waals surface area contributed by atoms with Gasteiger partial charge in [-0.3, -0.25) is 9.59 Å². The molecule has 1 heterocycles. The molecule has 22 heavy (non-hydrogen) atoms. The molecule has 3 rings (SSSR count). The SMILES string of the molecule is COC(=O)C1CC[C@H]2C(C)(C)C3(CC[C@]2(C)C1=O)OCCO3. The maximum atomic E-state index is 13.0. The van der Waals surface area contributed by atoms with Crippen molar-refractivity contribution < 1.29 is 23.8 Å².